The van der Waals surface area contributed by atoms with Crippen LogP contribution in [0.25, 0.3) is 34.1 Å². The normalized spacial score (nSPS) is 10.7. The van der Waals surface area contributed by atoms with Crippen LogP contribution in [0.2, 0.25) is 5.02 Å². The third-order valence-electron chi connectivity index (χ3n) is 3.50. The van der Waals surface area contributed by atoms with Crippen LogP contribution in [-0.2, 0) is 0 Å². The Bertz CT molecular complexity index is 968. The molecule has 0 N–H and O–H groups in total. The van der Waals surface area contributed by atoms with Crippen molar-refractivity contribution in [2.24, 2.45) is 0 Å². The number of benzene rings is 1. The maximum atomic E-state index is 5.99. The van der Waals surface area contributed by atoms with Crippen LogP contribution in [0.3, 0.4) is 0 Å². The second-order valence-corrected chi connectivity index (χ2v) is 5.54. The molecular weight excluding hydrogens is 324 g/mol. The SMILES string of the molecule is Clc1cccc(-c2noc(-c3ccc(-c4ccncc4)nc3)n2)c1. The van der Waals surface area contributed by atoms with Gasteiger partial charge in [0.05, 0.1) is 11.3 Å². The molecule has 6 heteroatoms. The number of rotatable bonds is 3. The fraction of sp³-hybridized carbons (Fsp3) is 0. The molecule has 0 saturated heterocycles. The third kappa shape index (κ3) is 2.89. The van der Waals surface area contributed by atoms with Gasteiger partial charge < -0.3 is 4.52 Å². The highest BCUT2D eigenvalue weighted by Crippen LogP contribution is 2.25. The summed E-state index contributed by atoms with van der Waals surface area (Å²) in [6.07, 6.45) is 5.19. The van der Waals surface area contributed by atoms with Crippen LogP contribution in [-0.4, -0.2) is 20.1 Å². The van der Waals surface area contributed by atoms with E-state index in [0.29, 0.717) is 16.7 Å². The maximum absolute atomic E-state index is 5.99. The summed E-state index contributed by atoms with van der Waals surface area (Å²) in [5.41, 5.74) is 3.42. The molecule has 0 saturated carbocycles. The maximum Gasteiger partial charge on any atom is 0.259 e. The molecule has 0 bridgehead atoms. The number of halogens is 1. The van der Waals surface area contributed by atoms with E-state index >= 15 is 0 Å². The van der Waals surface area contributed by atoms with Gasteiger partial charge in [-0.3, -0.25) is 9.97 Å². The van der Waals surface area contributed by atoms with E-state index in [0.717, 1.165) is 22.4 Å². The van der Waals surface area contributed by atoms with Crippen LogP contribution in [0.4, 0.5) is 0 Å². The lowest BCUT2D eigenvalue weighted by Gasteiger charge is -2.00. The number of pyridine rings is 2. The molecule has 3 heterocycles. The Balaban J connectivity index is 1.63. The van der Waals surface area contributed by atoms with Crippen molar-refractivity contribution >= 4 is 11.6 Å². The number of hydrogen-bond acceptors (Lipinski definition) is 5. The standard InChI is InChI=1S/C18H11ClN4O/c19-15-3-1-2-13(10-15)17-22-18(24-23-17)14-4-5-16(21-11-14)12-6-8-20-9-7-12/h1-11H. The predicted octanol–water partition coefficient (Wildman–Crippen LogP) is 4.51. The molecule has 0 amide bonds. The second-order valence-electron chi connectivity index (χ2n) is 5.10. The molecule has 4 rings (SSSR count). The van der Waals surface area contributed by atoms with E-state index in [-0.39, 0.29) is 0 Å². The molecule has 0 aliphatic carbocycles. The first-order valence-corrected chi connectivity index (χ1v) is 7.64. The summed E-state index contributed by atoms with van der Waals surface area (Å²) in [7, 11) is 0. The quantitative estimate of drug-likeness (QED) is 0.551. The molecule has 0 aliphatic rings. The number of aromatic nitrogens is 4. The van der Waals surface area contributed by atoms with Crippen molar-refractivity contribution in [3.63, 3.8) is 0 Å². The van der Waals surface area contributed by atoms with Gasteiger partial charge in [0.1, 0.15) is 0 Å². The van der Waals surface area contributed by atoms with Crippen LogP contribution in [0, 0.1) is 0 Å². The molecule has 0 fully saturated rings. The van der Waals surface area contributed by atoms with Gasteiger partial charge in [-0.1, -0.05) is 28.9 Å². The summed E-state index contributed by atoms with van der Waals surface area (Å²) in [5, 5.41) is 4.63. The van der Waals surface area contributed by atoms with Crippen molar-refractivity contribution in [3.8, 4) is 34.1 Å². The van der Waals surface area contributed by atoms with Crippen molar-refractivity contribution in [1.82, 2.24) is 20.1 Å². The van der Waals surface area contributed by atoms with E-state index in [4.69, 9.17) is 16.1 Å². The lowest BCUT2D eigenvalue weighted by molar-refractivity contribution is 0.432. The summed E-state index contributed by atoms with van der Waals surface area (Å²) in [4.78, 5) is 12.9. The van der Waals surface area contributed by atoms with Gasteiger partial charge >= 0.3 is 0 Å². The first kappa shape index (κ1) is 14.5. The van der Waals surface area contributed by atoms with E-state index in [1.807, 2.05) is 36.4 Å². The molecule has 0 atom stereocenters. The van der Waals surface area contributed by atoms with Gasteiger partial charge in [0, 0.05) is 34.7 Å². The molecule has 1 aromatic carbocycles. The first-order chi connectivity index (χ1) is 11.8. The molecule has 3 aromatic heterocycles. The summed E-state index contributed by atoms with van der Waals surface area (Å²) < 4.78 is 5.34. The molecule has 116 valence electrons. The summed E-state index contributed by atoms with van der Waals surface area (Å²) in [5.74, 6) is 0.907. The molecule has 0 spiro atoms. The zero-order valence-electron chi connectivity index (χ0n) is 12.4. The Kier molecular flexibility index (Phi) is 3.76. The van der Waals surface area contributed by atoms with Crippen LogP contribution >= 0.6 is 11.6 Å². The average molecular weight is 335 g/mol. The van der Waals surface area contributed by atoms with Crippen molar-refractivity contribution in [2.75, 3.05) is 0 Å². The Morgan fingerprint density at radius 1 is 0.875 bits per heavy atom. The minimum Gasteiger partial charge on any atom is -0.334 e. The summed E-state index contributed by atoms with van der Waals surface area (Å²) in [6, 6.07) is 14.9. The van der Waals surface area contributed by atoms with Crippen LogP contribution in [0.5, 0.6) is 0 Å². The molecule has 4 aromatic rings. The van der Waals surface area contributed by atoms with Gasteiger partial charge in [0.15, 0.2) is 0 Å². The van der Waals surface area contributed by atoms with Gasteiger partial charge in [0.25, 0.3) is 5.89 Å². The molecule has 5 nitrogen and oxygen atoms in total. The fourth-order valence-corrected chi connectivity index (χ4v) is 2.49. The lowest BCUT2D eigenvalue weighted by Crippen LogP contribution is -1.86. The largest absolute Gasteiger partial charge is 0.334 e. The highest BCUT2D eigenvalue weighted by Gasteiger charge is 2.11. The second kappa shape index (κ2) is 6.22. The minimum atomic E-state index is 0.416. The van der Waals surface area contributed by atoms with Gasteiger partial charge in [0.2, 0.25) is 5.82 Å². The zero-order chi connectivity index (χ0) is 16.4. The number of hydrogen-bond donors (Lipinski definition) is 0. The van der Waals surface area contributed by atoms with Crippen LogP contribution in [0.1, 0.15) is 0 Å². The van der Waals surface area contributed by atoms with E-state index in [2.05, 4.69) is 20.1 Å². The Hall–Kier alpha value is -3.05. The highest BCUT2D eigenvalue weighted by atomic mass is 35.5. The first-order valence-electron chi connectivity index (χ1n) is 7.26. The monoisotopic (exact) mass is 334 g/mol. The number of nitrogens with zero attached hydrogens (tertiary/aromatic N) is 4. The summed E-state index contributed by atoms with van der Waals surface area (Å²) >= 11 is 5.99. The molecule has 0 radical (unpaired) electrons. The zero-order valence-corrected chi connectivity index (χ0v) is 13.2. The van der Waals surface area contributed by atoms with Crippen LogP contribution in [0.15, 0.2) is 71.6 Å². The summed E-state index contributed by atoms with van der Waals surface area (Å²) in [6.45, 7) is 0. The van der Waals surface area contributed by atoms with E-state index in [9.17, 15) is 0 Å². The smallest absolute Gasteiger partial charge is 0.259 e. The van der Waals surface area contributed by atoms with Gasteiger partial charge in [-0.2, -0.15) is 4.98 Å². The van der Waals surface area contributed by atoms with Gasteiger partial charge in [-0.05, 0) is 36.4 Å². The Labute approximate surface area is 143 Å². The van der Waals surface area contributed by atoms with Crippen molar-refractivity contribution in [2.45, 2.75) is 0 Å². The van der Waals surface area contributed by atoms with E-state index in [1.165, 1.54) is 0 Å². The van der Waals surface area contributed by atoms with E-state index in [1.54, 1.807) is 30.7 Å². The van der Waals surface area contributed by atoms with E-state index < -0.39 is 0 Å². The molecule has 0 unspecified atom stereocenters. The van der Waals surface area contributed by atoms with Crippen molar-refractivity contribution in [1.29, 1.82) is 0 Å². The topological polar surface area (TPSA) is 64.7 Å². The molecule has 0 aliphatic heterocycles. The molecular formula is C18H11ClN4O. The predicted molar refractivity (Wildman–Crippen MR) is 91.2 cm³/mol. The molecule has 24 heavy (non-hydrogen) atoms. The van der Waals surface area contributed by atoms with Gasteiger partial charge in [-0.15, -0.1) is 0 Å². The highest BCUT2D eigenvalue weighted by molar-refractivity contribution is 6.30. The van der Waals surface area contributed by atoms with Crippen LogP contribution < -0.4 is 0 Å². The Morgan fingerprint density at radius 2 is 1.75 bits per heavy atom. The average Bonchev–Trinajstić information content (AvgIpc) is 3.13. The minimum absolute atomic E-state index is 0.416. The van der Waals surface area contributed by atoms with Crippen molar-refractivity contribution in [3.05, 3.63) is 72.1 Å². The van der Waals surface area contributed by atoms with Crippen molar-refractivity contribution < 1.29 is 4.52 Å². The third-order valence-corrected chi connectivity index (χ3v) is 3.73. The lowest BCUT2D eigenvalue weighted by atomic mass is 10.1. The Morgan fingerprint density at radius 3 is 2.50 bits per heavy atom. The van der Waals surface area contributed by atoms with Gasteiger partial charge in [-0.25, -0.2) is 0 Å². The fourth-order valence-electron chi connectivity index (χ4n) is 2.30.